The van der Waals surface area contributed by atoms with E-state index in [4.69, 9.17) is 14.2 Å². The van der Waals surface area contributed by atoms with Crippen molar-refractivity contribution in [3.05, 3.63) is 114 Å². The molecule has 0 bridgehead atoms. The third kappa shape index (κ3) is 7.65. The highest BCUT2D eigenvalue weighted by Crippen LogP contribution is 2.47. The van der Waals surface area contributed by atoms with Crippen LogP contribution >= 0.6 is 0 Å². The van der Waals surface area contributed by atoms with Crippen molar-refractivity contribution < 1.29 is 28.9 Å². The fraction of sp³-hybridized carbons (Fsp3) is 0.366. The number of hydrogen-bond acceptors (Lipinski definition) is 6. The Bertz CT molecular complexity index is 1760. The lowest BCUT2D eigenvalue weighted by molar-refractivity contribution is -0.135. The molecule has 4 aromatic rings. The molecule has 8 nitrogen and oxygen atoms in total. The van der Waals surface area contributed by atoms with E-state index >= 15 is 0 Å². The Kier molecular flexibility index (Phi) is 11.1. The van der Waals surface area contributed by atoms with Crippen molar-refractivity contribution >= 4 is 36.4 Å². The number of ether oxygens (including phenoxy) is 3. The number of methoxy groups -OCH3 is 1. The number of hydrogen-bond donors (Lipinski definition) is 1. The smallest absolute Gasteiger partial charge is 0.269 e. The van der Waals surface area contributed by atoms with Crippen LogP contribution in [0.1, 0.15) is 30.9 Å². The number of aryl methyl sites for hydroxylation is 1. The zero-order chi connectivity index (χ0) is 35.3. The number of rotatable bonds is 13. The molecule has 2 heterocycles. The molecule has 50 heavy (non-hydrogen) atoms. The van der Waals surface area contributed by atoms with E-state index in [0.717, 1.165) is 41.1 Å². The number of anilines is 2. The minimum Gasteiger partial charge on any atom is -0.497 e. The fourth-order valence-electron chi connectivity index (χ4n) is 7.91. The summed E-state index contributed by atoms with van der Waals surface area (Å²) < 4.78 is 18.1. The molecule has 262 valence electrons. The molecule has 0 spiro atoms. The molecule has 4 atom stereocenters. The number of aliphatic hydroxyl groups excluding tert-OH is 1. The molecule has 6 rings (SSSR count). The summed E-state index contributed by atoms with van der Waals surface area (Å²) in [5, 5.41) is 11.2. The predicted octanol–water partition coefficient (Wildman–Crippen LogP) is 6.49. The summed E-state index contributed by atoms with van der Waals surface area (Å²) in [7, 11) is -0.504. The van der Waals surface area contributed by atoms with Crippen molar-refractivity contribution in [2.24, 2.45) is 5.92 Å². The van der Waals surface area contributed by atoms with Crippen LogP contribution in [0, 0.1) is 5.92 Å². The second-order valence-electron chi connectivity index (χ2n) is 14.0. The quantitative estimate of drug-likeness (QED) is 0.161. The van der Waals surface area contributed by atoms with E-state index in [9.17, 15) is 14.7 Å². The van der Waals surface area contributed by atoms with E-state index in [1.54, 1.807) is 16.9 Å². The molecule has 2 amide bonds. The first-order chi connectivity index (χ1) is 24.2. The van der Waals surface area contributed by atoms with Gasteiger partial charge in [-0.3, -0.25) is 14.5 Å². The molecule has 2 aliphatic rings. The molecule has 0 saturated carbocycles. The maximum Gasteiger partial charge on any atom is 0.269 e. The summed E-state index contributed by atoms with van der Waals surface area (Å²) in [5.41, 5.74) is 3.90. The lowest BCUT2D eigenvalue weighted by atomic mass is 9.94. The minimum atomic E-state index is -2.18. The summed E-state index contributed by atoms with van der Waals surface area (Å²) >= 11 is 0. The molecule has 1 fully saturated rings. The number of para-hydroxylation sites is 2. The summed E-state index contributed by atoms with van der Waals surface area (Å²) in [6.07, 6.45) is 1.52. The van der Waals surface area contributed by atoms with Gasteiger partial charge in [-0.1, -0.05) is 91.9 Å². The van der Waals surface area contributed by atoms with Crippen molar-refractivity contribution in [3.63, 3.8) is 0 Å². The molecule has 0 aliphatic carbocycles. The van der Waals surface area contributed by atoms with Crippen LogP contribution in [0.2, 0.25) is 18.6 Å². The molecule has 0 radical (unpaired) electrons. The lowest BCUT2D eigenvalue weighted by Crippen LogP contribution is -2.51. The minimum absolute atomic E-state index is 0.00508. The third-order valence-electron chi connectivity index (χ3n) is 10.5. The monoisotopic (exact) mass is 692 g/mol. The first-order valence-electron chi connectivity index (χ1n) is 17.6. The van der Waals surface area contributed by atoms with Crippen LogP contribution in [0.5, 0.6) is 11.5 Å². The van der Waals surface area contributed by atoms with Gasteiger partial charge in [-0.05, 0) is 71.8 Å². The molecule has 4 aromatic carbocycles. The van der Waals surface area contributed by atoms with E-state index in [2.05, 4.69) is 44.3 Å². The van der Waals surface area contributed by atoms with Crippen LogP contribution in [0.3, 0.4) is 0 Å². The van der Waals surface area contributed by atoms with E-state index in [-0.39, 0.29) is 61.7 Å². The van der Waals surface area contributed by atoms with Crippen LogP contribution in [0.4, 0.5) is 11.4 Å². The Morgan fingerprint density at radius 1 is 0.940 bits per heavy atom. The van der Waals surface area contributed by atoms with Gasteiger partial charge in [0, 0.05) is 18.8 Å². The molecular formula is C41H48N2O6Si. The van der Waals surface area contributed by atoms with E-state index < -0.39 is 8.07 Å². The molecule has 0 unspecified atom stereocenters. The summed E-state index contributed by atoms with van der Waals surface area (Å²) in [6, 6.07) is 34.1. The van der Waals surface area contributed by atoms with Gasteiger partial charge in [0.25, 0.3) is 5.91 Å². The van der Waals surface area contributed by atoms with Crippen LogP contribution in [-0.4, -0.2) is 69.0 Å². The average Bonchev–Trinajstić information content (AvgIpc) is 3.45. The first-order valence-corrected chi connectivity index (χ1v) is 20.6. The van der Waals surface area contributed by atoms with E-state index in [1.807, 2.05) is 78.9 Å². The lowest BCUT2D eigenvalue weighted by Gasteiger charge is -2.36. The average molecular weight is 693 g/mol. The highest BCUT2D eigenvalue weighted by Gasteiger charge is 2.51. The first kappa shape index (κ1) is 35.4. The predicted molar refractivity (Wildman–Crippen MR) is 199 cm³/mol. The third-order valence-corrected chi connectivity index (χ3v) is 14.9. The number of aliphatic hydroxyl groups is 1. The maximum absolute atomic E-state index is 14.0. The Hall–Kier alpha value is -4.44. The molecular weight excluding hydrogens is 645 g/mol. The fourth-order valence-corrected chi connectivity index (χ4v) is 12.0. The van der Waals surface area contributed by atoms with Gasteiger partial charge in [0.2, 0.25) is 5.91 Å². The van der Waals surface area contributed by atoms with Crippen molar-refractivity contribution in [2.75, 3.05) is 31.8 Å². The molecule has 2 aliphatic heterocycles. The topological polar surface area (TPSA) is 88.5 Å². The Balaban J connectivity index is 1.23. The van der Waals surface area contributed by atoms with Gasteiger partial charge >= 0.3 is 0 Å². The van der Waals surface area contributed by atoms with Crippen LogP contribution in [0.25, 0.3) is 0 Å². The van der Waals surface area contributed by atoms with Gasteiger partial charge in [-0.2, -0.15) is 0 Å². The number of fused-ring (bicyclic) bond motifs is 1. The Morgan fingerprint density at radius 2 is 1.66 bits per heavy atom. The van der Waals surface area contributed by atoms with Crippen molar-refractivity contribution in [3.8, 4) is 11.5 Å². The zero-order valence-corrected chi connectivity index (χ0v) is 30.5. The second-order valence-corrected chi connectivity index (χ2v) is 18.7. The van der Waals surface area contributed by atoms with Crippen LogP contribution < -0.4 is 19.6 Å². The number of benzene rings is 4. The van der Waals surface area contributed by atoms with Crippen molar-refractivity contribution in [1.29, 1.82) is 0 Å². The van der Waals surface area contributed by atoms with Gasteiger partial charge in [0.15, 0.2) is 6.61 Å². The maximum atomic E-state index is 14.0. The van der Waals surface area contributed by atoms with Crippen LogP contribution in [-0.2, 0) is 27.3 Å². The van der Waals surface area contributed by atoms with E-state index in [1.165, 1.54) is 5.19 Å². The van der Waals surface area contributed by atoms with Gasteiger partial charge in [0.1, 0.15) is 11.5 Å². The Morgan fingerprint density at radius 3 is 2.40 bits per heavy atom. The zero-order valence-electron chi connectivity index (χ0n) is 29.5. The number of nitrogens with zero attached hydrogens (tertiary/aromatic N) is 2. The van der Waals surface area contributed by atoms with Gasteiger partial charge < -0.3 is 24.2 Å². The van der Waals surface area contributed by atoms with Gasteiger partial charge in [0.05, 0.1) is 46.1 Å². The number of carbonyl (C=O) groups is 2. The van der Waals surface area contributed by atoms with Gasteiger partial charge in [-0.15, -0.1) is 0 Å². The summed E-state index contributed by atoms with van der Waals surface area (Å²) in [4.78, 5) is 30.5. The largest absolute Gasteiger partial charge is 0.497 e. The Labute approximate surface area is 296 Å². The molecule has 1 saturated heterocycles. The highest BCUT2D eigenvalue weighted by atomic mass is 28.3. The normalized spacial score (nSPS) is 20.3. The standard InChI is InChI=1S/C41H48N2O6Si/c1-29-36(22-17-30-13-10-14-32(25-30)43-35-15-8-9-16-37(35)48-28-40(43)46)49-38(41(29)50(3,4)34-20-18-33(47-2)19-21-34)26-39(45)42(23-24-44)27-31-11-6-5-7-12-31/h5-16,18-21,25,29,36,38,41,44H,17,22-24,26-28H2,1-4H3/t29-,36+,38-,41+/m1/s1. The van der Waals surface area contributed by atoms with Crippen molar-refractivity contribution in [1.82, 2.24) is 4.90 Å². The molecule has 0 aromatic heterocycles. The highest BCUT2D eigenvalue weighted by molar-refractivity contribution is 6.91. The summed E-state index contributed by atoms with van der Waals surface area (Å²) in [5.74, 6) is 1.63. The number of carbonyl (C=O) groups excluding carboxylic acids is 2. The molecule has 9 heteroatoms. The van der Waals surface area contributed by atoms with E-state index in [0.29, 0.717) is 12.3 Å². The second kappa shape index (κ2) is 15.6. The molecule has 1 N–H and O–H groups in total. The van der Waals surface area contributed by atoms with Crippen molar-refractivity contribution in [2.45, 2.75) is 63.6 Å². The number of amides is 2. The van der Waals surface area contributed by atoms with Crippen LogP contribution in [0.15, 0.2) is 103 Å². The van der Waals surface area contributed by atoms with Gasteiger partial charge in [-0.25, -0.2) is 0 Å². The summed E-state index contributed by atoms with van der Waals surface area (Å²) in [6.45, 7) is 7.68. The SMILES string of the molecule is COc1ccc([Si](C)(C)[C@H]2[C@H](C)[C@H](CCc3cccc(N4C(=O)COc5ccccc54)c3)O[C@@H]2CC(=O)N(CCO)Cc2ccccc2)cc1.